The van der Waals surface area contributed by atoms with Crippen LogP contribution in [0.15, 0.2) is 20.1 Å². The molecule has 0 spiro atoms. The molecule has 1 aromatic heterocycles. The Bertz CT molecular complexity index is 512. The minimum absolute atomic E-state index is 0.175. The molecular formula is C10H14BrNO4S2. The number of aliphatic carboxylic acids is 1. The topological polar surface area (TPSA) is 83.5 Å². The fourth-order valence-corrected chi connectivity index (χ4v) is 5.13. The predicted molar refractivity (Wildman–Crippen MR) is 73.3 cm³/mol. The summed E-state index contributed by atoms with van der Waals surface area (Å²) in [7, 11) is -3.66. The molecule has 2 N–H and O–H groups in total. The van der Waals surface area contributed by atoms with Gasteiger partial charge >= 0.3 is 5.97 Å². The van der Waals surface area contributed by atoms with Gasteiger partial charge in [0, 0.05) is 10.5 Å². The highest BCUT2D eigenvalue weighted by Gasteiger charge is 2.24. The van der Waals surface area contributed by atoms with Crippen LogP contribution < -0.4 is 4.72 Å². The van der Waals surface area contributed by atoms with Crippen molar-refractivity contribution in [1.29, 1.82) is 0 Å². The lowest BCUT2D eigenvalue weighted by atomic mass is 10.1. The van der Waals surface area contributed by atoms with Gasteiger partial charge < -0.3 is 5.11 Å². The molecule has 8 heteroatoms. The molecule has 0 aromatic carbocycles. The van der Waals surface area contributed by atoms with Gasteiger partial charge in [0.2, 0.25) is 0 Å². The first-order chi connectivity index (χ1) is 8.36. The molecule has 5 nitrogen and oxygen atoms in total. The molecule has 1 atom stereocenters. The zero-order valence-electron chi connectivity index (χ0n) is 9.72. The van der Waals surface area contributed by atoms with Crippen molar-refractivity contribution in [2.75, 3.05) is 0 Å². The molecule has 0 radical (unpaired) electrons. The van der Waals surface area contributed by atoms with Gasteiger partial charge in [0.05, 0.1) is 6.42 Å². The van der Waals surface area contributed by atoms with Gasteiger partial charge in [-0.05, 0) is 33.8 Å². The fraction of sp³-hybridized carbons (Fsp3) is 0.500. The Hall–Kier alpha value is -0.440. The number of rotatable bonds is 7. The summed E-state index contributed by atoms with van der Waals surface area (Å²) >= 11 is 4.25. The lowest BCUT2D eigenvalue weighted by Crippen LogP contribution is -2.36. The number of halogens is 1. The molecule has 0 saturated carbocycles. The summed E-state index contributed by atoms with van der Waals surface area (Å²) in [5, 5.41) is 10.4. The maximum Gasteiger partial charge on any atom is 0.304 e. The molecule has 0 aliphatic rings. The molecule has 0 fully saturated rings. The molecule has 1 unspecified atom stereocenters. The van der Waals surface area contributed by atoms with E-state index in [1.54, 1.807) is 11.4 Å². The minimum Gasteiger partial charge on any atom is -0.481 e. The van der Waals surface area contributed by atoms with E-state index in [1.165, 1.54) is 0 Å². The van der Waals surface area contributed by atoms with E-state index in [1.807, 2.05) is 6.92 Å². The molecule has 0 aliphatic heterocycles. The predicted octanol–water partition coefficient (Wildman–Crippen LogP) is 2.43. The minimum atomic E-state index is -3.66. The van der Waals surface area contributed by atoms with Gasteiger partial charge in [-0.2, -0.15) is 0 Å². The van der Waals surface area contributed by atoms with Crippen LogP contribution in [-0.2, 0) is 14.8 Å². The Morgan fingerprint density at radius 1 is 1.61 bits per heavy atom. The van der Waals surface area contributed by atoms with Crippen LogP contribution in [0.4, 0.5) is 0 Å². The Labute approximate surface area is 118 Å². The second-order valence-electron chi connectivity index (χ2n) is 3.76. The largest absolute Gasteiger partial charge is 0.481 e. The van der Waals surface area contributed by atoms with E-state index in [9.17, 15) is 13.2 Å². The molecule has 1 heterocycles. The summed E-state index contributed by atoms with van der Waals surface area (Å²) in [5.74, 6) is -1.01. The van der Waals surface area contributed by atoms with Crippen molar-refractivity contribution in [1.82, 2.24) is 4.72 Å². The number of carbonyl (C=O) groups is 1. The maximum absolute atomic E-state index is 12.1. The third kappa shape index (κ3) is 4.34. The lowest BCUT2D eigenvalue weighted by Gasteiger charge is -2.15. The standard InChI is InChI=1S/C10H14BrNO4S2/c1-2-3-7(6-9(13)14)12-18(15,16)10-8(11)4-5-17-10/h4-5,7,12H,2-3,6H2,1H3,(H,13,14). The number of hydrogen-bond donors (Lipinski definition) is 2. The van der Waals surface area contributed by atoms with Crippen LogP contribution in [0.1, 0.15) is 26.2 Å². The molecule has 0 bridgehead atoms. The highest BCUT2D eigenvalue weighted by molar-refractivity contribution is 9.10. The van der Waals surface area contributed by atoms with Crippen molar-refractivity contribution in [3.63, 3.8) is 0 Å². The number of thiophene rings is 1. The highest BCUT2D eigenvalue weighted by atomic mass is 79.9. The van der Waals surface area contributed by atoms with Crippen LogP contribution in [0.3, 0.4) is 0 Å². The van der Waals surface area contributed by atoms with Crippen molar-refractivity contribution < 1.29 is 18.3 Å². The first-order valence-electron chi connectivity index (χ1n) is 5.34. The van der Waals surface area contributed by atoms with Gasteiger partial charge in [0.1, 0.15) is 4.21 Å². The van der Waals surface area contributed by atoms with E-state index in [0.717, 1.165) is 11.3 Å². The number of carboxylic acid groups (broad SMARTS) is 1. The average Bonchev–Trinajstić information content (AvgIpc) is 2.63. The lowest BCUT2D eigenvalue weighted by molar-refractivity contribution is -0.137. The summed E-state index contributed by atoms with van der Waals surface area (Å²) in [4.78, 5) is 10.7. The Balaban J connectivity index is 2.86. The maximum atomic E-state index is 12.1. The Morgan fingerprint density at radius 2 is 2.28 bits per heavy atom. The van der Waals surface area contributed by atoms with E-state index in [2.05, 4.69) is 20.7 Å². The SMILES string of the molecule is CCCC(CC(=O)O)NS(=O)(=O)c1sccc1Br. The van der Waals surface area contributed by atoms with Gasteiger partial charge in [-0.3, -0.25) is 4.79 Å². The summed E-state index contributed by atoms with van der Waals surface area (Å²) in [6, 6.07) is 1.07. The zero-order valence-corrected chi connectivity index (χ0v) is 12.9. The summed E-state index contributed by atoms with van der Waals surface area (Å²) in [6.45, 7) is 1.88. The van der Waals surface area contributed by atoms with Crippen molar-refractivity contribution in [2.24, 2.45) is 0 Å². The van der Waals surface area contributed by atoms with Crippen LogP contribution in [0.25, 0.3) is 0 Å². The quantitative estimate of drug-likeness (QED) is 0.786. The molecular weight excluding hydrogens is 342 g/mol. The molecule has 1 aromatic rings. The molecule has 1 rings (SSSR count). The summed E-state index contributed by atoms with van der Waals surface area (Å²) < 4.78 is 27.2. The van der Waals surface area contributed by atoms with E-state index in [4.69, 9.17) is 5.11 Å². The summed E-state index contributed by atoms with van der Waals surface area (Å²) in [5.41, 5.74) is 0. The van der Waals surface area contributed by atoms with Crippen LogP contribution in [0.2, 0.25) is 0 Å². The molecule has 0 amide bonds. The smallest absolute Gasteiger partial charge is 0.304 e. The number of carboxylic acids is 1. The first-order valence-corrected chi connectivity index (χ1v) is 8.49. The zero-order chi connectivity index (χ0) is 13.8. The Morgan fingerprint density at radius 3 is 2.72 bits per heavy atom. The normalized spacial score (nSPS) is 13.4. The first kappa shape index (κ1) is 15.6. The van der Waals surface area contributed by atoms with E-state index >= 15 is 0 Å². The Kier molecular flexibility index (Phi) is 5.77. The fourth-order valence-electron chi connectivity index (χ4n) is 1.51. The van der Waals surface area contributed by atoms with Gasteiger partial charge in [0.15, 0.2) is 0 Å². The summed E-state index contributed by atoms with van der Waals surface area (Å²) in [6.07, 6.45) is 0.997. The third-order valence-corrected chi connectivity index (χ3v) is 6.40. The number of hydrogen-bond acceptors (Lipinski definition) is 4. The van der Waals surface area contributed by atoms with Crippen molar-refractivity contribution >= 4 is 43.3 Å². The van der Waals surface area contributed by atoms with Crippen molar-refractivity contribution in [2.45, 2.75) is 36.4 Å². The molecule has 18 heavy (non-hydrogen) atoms. The van der Waals surface area contributed by atoms with Gasteiger partial charge in [-0.25, -0.2) is 13.1 Å². The van der Waals surface area contributed by atoms with Crippen LogP contribution >= 0.6 is 27.3 Å². The third-order valence-electron chi connectivity index (χ3n) is 2.21. The van der Waals surface area contributed by atoms with E-state index < -0.39 is 22.0 Å². The second kappa shape index (κ2) is 6.65. The van der Waals surface area contributed by atoms with Crippen LogP contribution in [-0.4, -0.2) is 25.5 Å². The van der Waals surface area contributed by atoms with Gasteiger partial charge in [-0.1, -0.05) is 13.3 Å². The van der Waals surface area contributed by atoms with Crippen LogP contribution in [0, 0.1) is 0 Å². The van der Waals surface area contributed by atoms with Crippen molar-refractivity contribution in [3.8, 4) is 0 Å². The molecule has 0 aliphatic carbocycles. The van der Waals surface area contributed by atoms with Crippen LogP contribution in [0.5, 0.6) is 0 Å². The van der Waals surface area contributed by atoms with Gasteiger partial charge in [-0.15, -0.1) is 11.3 Å². The number of sulfonamides is 1. The monoisotopic (exact) mass is 355 g/mol. The van der Waals surface area contributed by atoms with E-state index in [0.29, 0.717) is 17.3 Å². The van der Waals surface area contributed by atoms with Gasteiger partial charge in [0.25, 0.3) is 10.0 Å². The van der Waals surface area contributed by atoms with Crippen molar-refractivity contribution in [3.05, 3.63) is 15.9 Å². The number of nitrogens with one attached hydrogen (secondary N) is 1. The molecule has 102 valence electrons. The molecule has 0 saturated heterocycles. The average molecular weight is 356 g/mol. The van der Waals surface area contributed by atoms with E-state index in [-0.39, 0.29) is 10.6 Å². The highest BCUT2D eigenvalue weighted by Crippen LogP contribution is 2.27. The second-order valence-corrected chi connectivity index (χ2v) is 7.44.